The van der Waals surface area contributed by atoms with Gasteiger partial charge in [0.15, 0.2) is 0 Å². The van der Waals surface area contributed by atoms with E-state index in [1.807, 2.05) is 0 Å². The Morgan fingerprint density at radius 3 is 1.68 bits per heavy atom. The topological polar surface area (TPSA) is 14.8 Å². The molecule has 3 heterocycles. The number of rotatable bonds is 4. The molecule has 0 aliphatic heterocycles. The third-order valence-corrected chi connectivity index (χ3v) is 9.84. The molecule has 0 amide bonds. The number of aromatic nitrogens is 3. The highest BCUT2D eigenvalue weighted by atomic mass is 15.1. The van der Waals surface area contributed by atoms with Crippen molar-refractivity contribution in [3.8, 4) is 17.1 Å². The lowest BCUT2D eigenvalue weighted by molar-refractivity contribution is 1.04. The Bertz CT molecular complexity index is 2680. The Kier molecular flexibility index (Phi) is 5.70. The molecule has 47 heavy (non-hydrogen) atoms. The van der Waals surface area contributed by atoms with Crippen LogP contribution in [0, 0.1) is 0 Å². The second-order valence-corrected chi connectivity index (χ2v) is 12.5. The van der Waals surface area contributed by atoms with Crippen LogP contribution in [0.3, 0.4) is 0 Å². The van der Waals surface area contributed by atoms with Crippen molar-refractivity contribution < 1.29 is 0 Å². The fraction of sp³-hybridized carbons (Fsp3) is 0.0455. The van der Waals surface area contributed by atoms with E-state index in [4.69, 9.17) is 0 Å². The average molecular weight is 602 g/mol. The summed E-state index contributed by atoms with van der Waals surface area (Å²) in [5.74, 6) is 0. The van der Waals surface area contributed by atoms with Crippen LogP contribution in [-0.2, 0) is 0 Å². The molecule has 3 heteroatoms. The molecule has 10 rings (SSSR count). The van der Waals surface area contributed by atoms with E-state index in [9.17, 15) is 0 Å². The minimum atomic E-state index is 1.09. The maximum Gasteiger partial charge on any atom is 0.131 e. The van der Waals surface area contributed by atoms with Gasteiger partial charge < -0.3 is 4.57 Å². The maximum atomic E-state index is 2.48. The first kappa shape index (κ1) is 26.2. The molecule has 0 unspecified atom stereocenters. The largest absolute Gasteiger partial charge is 0.309 e. The first-order valence-electron chi connectivity index (χ1n) is 16.4. The van der Waals surface area contributed by atoms with Crippen LogP contribution in [0.2, 0.25) is 0 Å². The molecule has 0 atom stereocenters. The van der Waals surface area contributed by atoms with Crippen LogP contribution < -0.4 is 0 Å². The number of allylic oxidation sites excluding steroid dienone is 4. The molecule has 0 saturated carbocycles. The monoisotopic (exact) mass is 601 g/mol. The van der Waals surface area contributed by atoms with E-state index >= 15 is 0 Å². The van der Waals surface area contributed by atoms with Crippen molar-refractivity contribution in [3.05, 3.63) is 169 Å². The minimum Gasteiger partial charge on any atom is -0.309 e. The molecule has 0 spiro atoms. The Balaban J connectivity index is 1.32. The fourth-order valence-corrected chi connectivity index (χ4v) is 7.83. The quantitative estimate of drug-likeness (QED) is 0.191. The Morgan fingerprint density at radius 2 is 0.979 bits per heavy atom. The standard InChI is InChI=1S/C44H31N3/c1-3-14-30(15-4-1)31-26-27-42-38(28-31)43-37-22-9-12-25-41(37)46(32-16-5-2-6-17-32)44(43)47(42)34-19-13-18-33(29-34)45-39-23-10-7-20-35(39)36-21-8-11-24-40(36)45/h2-3,5-29H,1,4H2. The molecule has 1 aliphatic carbocycles. The molecule has 6 aromatic carbocycles. The van der Waals surface area contributed by atoms with E-state index in [2.05, 4.69) is 178 Å². The molecule has 0 radical (unpaired) electrons. The van der Waals surface area contributed by atoms with Gasteiger partial charge in [-0.3, -0.25) is 9.13 Å². The van der Waals surface area contributed by atoms with Gasteiger partial charge in [-0.15, -0.1) is 0 Å². The van der Waals surface area contributed by atoms with Crippen LogP contribution in [0.25, 0.3) is 77.3 Å². The molecule has 0 fully saturated rings. The van der Waals surface area contributed by atoms with Gasteiger partial charge in [-0.2, -0.15) is 0 Å². The van der Waals surface area contributed by atoms with Crippen LogP contribution >= 0.6 is 0 Å². The zero-order valence-electron chi connectivity index (χ0n) is 25.8. The van der Waals surface area contributed by atoms with Crippen molar-refractivity contribution in [2.75, 3.05) is 0 Å². The van der Waals surface area contributed by atoms with Gasteiger partial charge in [0.2, 0.25) is 0 Å². The second kappa shape index (κ2) is 10.2. The summed E-state index contributed by atoms with van der Waals surface area (Å²) in [5, 5.41) is 6.35. The number of para-hydroxylation sites is 4. The minimum absolute atomic E-state index is 1.09. The summed E-state index contributed by atoms with van der Waals surface area (Å²) in [7, 11) is 0. The number of hydrogen-bond acceptors (Lipinski definition) is 0. The summed E-state index contributed by atoms with van der Waals surface area (Å²) in [4.78, 5) is 0. The van der Waals surface area contributed by atoms with Crippen molar-refractivity contribution in [2.24, 2.45) is 0 Å². The van der Waals surface area contributed by atoms with E-state index in [1.165, 1.54) is 65.8 Å². The average Bonchev–Trinajstić information content (AvgIpc) is 3.78. The summed E-state index contributed by atoms with van der Waals surface area (Å²) in [6.07, 6.45) is 9.14. The van der Waals surface area contributed by atoms with Gasteiger partial charge in [-0.05, 0) is 84.6 Å². The highest BCUT2D eigenvalue weighted by molar-refractivity contribution is 6.23. The first-order valence-corrected chi connectivity index (χ1v) is 16.4. The summed E-state index contributed by atoms with van der Waals surface area (Å²) in [6, 6.07) is 53.2. The van der Waals surface area contributed by atoms with Crippen LogP contribution in [0.4, 0.5) is 0 Å². The normalized spacial score (nSPS) is 13.4. The highest BCUT2D eigenvalue weighted by Crippen LogP contribution is 2.42. The van der Waals surface area contributed by atoms with E-state index in [-0.39, 0.29) is 0 Å². The van der Waals surface area contributed by atoms with Gasteiger partial charge in [0.05, 0.1) is 22.1 Å². The Morgan fingerprint density at radius 1 is 0.404 bits per heavy atom. The number of nitrogens with zero attached hydrogens (tertiary/aromatic N) is 3. The third-order valence-electron chi connectivity index (χ3n) is 9.84. The molecular weight excluding hydrogens is 571 g/mol. The van der Waals surface area contributed by atoms with Gasteiger partial charge in [0, 0.05) is 44.0 Å². The van der Waals surface area contributed by atoms with Crippen LogP contribution in [0.5, 0.6) is 0 Å². The Hall–Kier alpha value is -6.06. The third kappa shape index (κ3) is 3.87. The predicted octanol–water partition coefficient (Wildman–Crippen LogP) is 11.6. The van der Waals surface area contributed by atoms with Gasteiger partial charge in [-0.25, -0.2) is 0 Å². The van der Waals surface area contributed by atoms with Crippen LogP contribution in [0.15, 0.2) is 164 Å². The van der Waals surface area contributed by atoms with Crippen molar-refractivity contribution in [1.82, 2.24) is 13.7 Å². The van der Waals surface area contributed by atoms with E-state index in [0.717, 1.165) is 29.9 Å². The molecule has 0 saturated heterocycles. The molecule has 222 valence electrons. The molecular formula is C44H31N3. The van der Waals surface area contributed by atoms with Crippen molar-refractivity contribution in [1.29, 1.82) is 0 Å². The van der Waals surface area contributed by atoms with E-state index in [0.29, 0.717) is 0 Å². The number of fused-ring (bicyclic) bond motifs is 8. The molecule has 0 N–H and O–H groups in total. The molecule has 0 bridgehead atoms. The summed E-state index contributed by atoms with van der Waals surface area (Å²) < 4.78 is 7.32. The zero-order chi connectivity index (χ0) is 30.9. The lowest BCUT2D eigenvalue weighted by Gasteiger charge is -2.15. The van der Waals surface area contributed by atoms with Crippen LogP contribution in [-0.4, -0.2) is 13.7 Å². The molecule has 3 aromatic heterocycles. The lowest BCUT2D eigenvalue weighted by atomic mass is 9.98. The summed E-state index contributed by atoms with van der Waals surface area (Å²) in [6.45, 7) is 0. The summed E-state index contributed by atoms with van der Waals surface area (Å²) in [5.41, 5.74) is 12.0. The fourth-order valence-electron chi connectivity index (χ4n) is 7.83. The maximum absolute atomic E-state index is 2.48. The van der Waals surface area contributed by atoms with Crippen molar-refractivity contribution in [3.63, 3.8) is 0 Å². The smallest absolute Gasteiger partial charge is 0.131 e. The van der Waals surface area contributed by atoms with Gasteiger partial charge in [0.25, 0.3) is 0 Å². The molecule has 1 aliphatic rings. The van der Waals surface area contributed by atoms with E-state index in [1.54, 1.807) is 0 Å². The second-order valence-electron chi connectivity index (χ2n) is 12.5. The molecule has 3 nitrogen and oxygen atoms in total. The van der Waals surface area contributed by atoms with Gasteiger partial charge in [-0.1, -0.05) is 103 Å². The zero-order valence-corrected chi connectivity index (χ0v) is 25.8. The number of benzene rings is 6. The van der Waals surface area contributed by atoms with E-state index < -0.39 is 0 Å². The van der Waals surface area contributed by atoms with Gasteiger partial charge in [0.1, 0.15) is 5.65 Å². The first-order chi connectivity index (χ1) is 23.3. The van der Waals surface area contributed by atoms with Crippen molar-refractivity contribution >= 4 is 60.2 Å². The lowest BCUT2D eigenvalue weighted by Crippen LogP contribution is -2.03. The Labute approximate surface area is 272 Å². The summed E-state index contributed by atoms with van der Waals surface area (Å²) >= 11 is 0. The predicted molar refractivity (Wildman–Crippen MR) is 198 cm³/mol. The van der Waals surface area contributed by atoms with Crippen molar-refractivity contribution in [2.45, 2.75) is 12.8 Å². The van der Waals surface area contributed by atoms with Crippen LogP contribution in [0.1, 0.15) is 18.4 Å². The highest BCUT2D eigenvalue weighted by Gasteiger charge is 2.23. The SMILES string of the molecule is C1=CC(c2ccc3c(c2)c2c4ccccc4n(-c4ccccc4)c2n3-c2cccc(-n3c4ccccc4c4ccccc43)c2)=CCC1. The van der Waals surface area contributed by atoms with Gasteiger partial charge >= 0.3 is 0 Å². The molecule has 9 aromatic rings. The number of hydrogen-bond donors (Lipinski definition) is 0.